The molecule has 3 N–H and O–H groups in total. The molecule has 0 aliphatic carbocycles. The molecule has 0 saturated heterocycles. The lowest BCUT2D eigenvalue weighted by atomic mass is 10.0. The molecule has 0 fully saturated rings. The van der Waals surface area contributed by atoms with E-state index in [0.29, 0.717) is 5.69 Å². The zero-order valence-corrected chi connectivity index (χ0v) is 12.0. The van der Waals surface area contributed by atoms with E-state index < -0.39 is 11.8 Å². The van der Waals surface area contributed by atoms with Crippen LogP contribution in [0.3, 0.4) is 0 Å². The van der Waals surface area contributed by atoms with Gasteiger partial charge in [-0.2, -0.15) is 0 Å². The van der Waals surface area contributed by atoms with Crippen LogP contribution < -0.4 is 11.1 Å². The molecule has 0 saturated carbocycles. The highest BCUT2D eigenvalue weighted by Crippen LogP contribution is 2.13. The minimum atomic E-state index is -0.659. The van der Waals surface area contributed by atoms with Gasteiger partial charge in [-0.3, -0.25) is 9.59 Å². The summed E-state index contributed by atoms with van der Waals surface area (Å²) in [6.07, 6.45) is 1.31. The number of primary amides is 1. The number of aryl methyl sites for hydroxylation is 2. The largest absolute Gasteiger partial charge is 0.369 e. The van der Waals surface area contributed by atoms with Crippen molar-refractivity contribution in [2.45, 2.75) is 19.3 Å². The van der Waals surface area contributed by atoms with Gasteiger partial charge in [0.1, 0.15) is 12.2 Å². The fourth-order valence-corrected chi connectivity index (χ4v) is 2.06. The zero-order chi connectivity index (χ0) is 15.9. The Balaban J connectivity index is 1.87. The number of halogens is 1. The number of rotatable bonds is 6. The third kappa shape index (κ3) is 5.01. The SMILES string of the molecule is NC(=O)CC(=O)Nc1ccc(CCc2ccc(F)cc2)cc1. The Labute approximate surface area is 128 Å². The van der Waals surface area contributed by atoms with Crippen molar-refractivity contribution in [3.8, 4) is 0 Å². The topological polar surface area (TPSA) is 72.2 Å². The number of carbonyl (C=O) groups excluding carboxylic acids is 2. The summed E-state index contributed by atoms with van der Waals surface area (Å²) in [4.78, 5) is 22.0. The first-order valence-corrected chi connectivity index (χ1v) is 6.94. The Morgan fingerprint density at radius 3 is 1.91 bits per heavy atom. The number of anilines is 1. The third-order valence-corrected chi connectivity index (χ3v) is 3.19. The maximum absolute atomic E-state index is 12.8. The van der Waals surface area contributed by atoms with Gasteiger partial charge in [0, 0.05) is 5.69 Å². The Morgan fingerprint density at radius 2 is 1.41 bits per heavy atom. The molecule has 2 amide bonds. The van der Waals surface area contributed by atoms with Gasteiger partial charge in [-0.1, -0.05) is 24.3 Å². The van der Waals surface area contributed by atoms with Crippen molar-refractivity contribution in [2.75, 3.05) is 5.32 Å². The molecule has 0 atom stereocenters. The fraction of sp³-hybridized carbons (Fsp3) is 0.176. The quantitative estimate of drug-likeness (QED) is 0.804. The van der Waals surface area contributed by atoms with Gasteiger partial charge >= 0.3 is 0 Å². The van der Waals surface area contributed by atoms with Crippen LogP contribution in [-0.2, 0) is 22.4 Å². The highest BCUT2D eigenvalue weighted by Gasteiger charge is 2.06. The first-order chi connectivity index (χ1) is 10.5. The Morgan fingerprint density at radius 1 is 0.909 bits per heavy atom. The number of nitrogens with one attached hydrogen (secondary N) is 1. The van der Waals surface area contributed by atoms with Gasteiger partial charge in [-0.15, -0.1) is 0 Å². The summed E-state index contributed by atoms with van der Waals surface area (Å²) < 4.78 is 12.8. The Hall–Kier alpha value is -2.69. The molecule has 0 radical (unpaired) electrons. The zero-order valence-electron chi connectivity index (χ0n) is 12.0. The number of benzene rings is 2. The van der Waals surface area contributed by atoms with Crippen LogP contribution in [0.15, 0.2) is 48.5 Å². The Kier molecular flexibility index (Phi) is 5.25. The van der Waals surface area contributed by atoms with Crippen molar-refractivity contribution in [2.24, 2.45) is 5.73 Å². The van der Waals surface area contributed by atoms with Gasteiger partial charge in [0.15, 0.2) is 0 Å². The second kappa shape index (κ2) is 7.36. The van der Waals surface area contributed by atoms with Crippen LogP contribution in [0.1, 0.15) is 17.5 Å². The molecule has 5 heteroatoms. The molecule has 22 heavy (non-hydrogen) atoms. The van der Waals surface area contributed by atoms with Crippen LogP contribution in [0.25, 0.3) is 0 Å². The molecule has 0 spiro atoms. The molecule has 0 aliphatic rings. The molecular weight excluding hydrogens is 283 g/mol. The number of hydrogen-bond acceptors (Lipinski definition) is 2. The van der Waals surface area contributed by atoms with Crippen molar-refractivity contribution >= 4 is 17.5 Å². The maximum atomic E-state index is 12.8. The lowest BCUT2D eigenvalue weighted by Gasteiger charge is -2.06. The molecule has 0 aliphatic heterocycles. The summed E-state index contributed by atoms with van der Waals surface area (Å²) in [5.41, 5.74) is 7.75. The molecule has 2 aromatic carbocycles. The number of nitrogens with two attached hydrogens (primary N) is 1. The van der Waals surface area contributed by atoms with E-state index in [1.54, 1.807) is 24.3 Å². The summed E-state index contributed by atoms with van der Waals surface area (Å²) in [5.74, 6) is -1.32. The third-order valence-electron chi connectivity index (χ3n) is 3.19. The summed E-state index contributed by atoms with van der Waals surface area (Å²) in [7, 11) is 0. The summed E-state index contributed by atoms with van der Waals surface area (Å²) in [5, 5.41) is 2.60. The monoisotopic (exact) mass is 300 g/mol. The van der Waals surface area contributed by atoms with Gasteiger partial charge in [0.2, 0.25) is 11.8 Å². The fourth-order valence-electron chi connectivity index (χ4n) is 2.06. The van der Waals surface area contributed by atoms with Crippen LogP contribution in [0.2, 0.25) is 0 Å². The highest BCUT2D eigenvalue weighted by molar-refractivity contribution is 6.03. The summed E-state index contributed by atoms with van der Waals surface area (Å²) in [6.45, 7) is 0. The van der Waals surface area contributed by atoms with Crippen LogP contribution in [0, 0.1) is 5.82 Å². The second-order valence-electron chi connectivity index (χ2n) is 5.01. The van der Waals surface area contributed by atoms with Gasteiger partial charge in [-0.05, 0) is 48.2 Å². The van der Waals surface area contributed by atoms with E-state index in [0.717, 1.165) is 24.0 Å². The van der Waals surface area contributed by atoms with E-state index in [1.165, 1.54) is 12.1 Å². The van der Waals surface area contributed by atoms with Crippen molar-refractivity contribution in [3.63, 3.8) is 0 Å². The van der Waals surface area contributed by atoms with E-state index in [1.807, 2.05) is 12.1 Å². The molecule has 0 unspecified atom stereocenters. The van der Waals surface area contributed by atoms with Crippen molar-refractivity contribution in [3.05, 3.63) is 65.5 Å². The summed E-state index contributed by atoms with van der Waals surface area (Å²) >= 11 is 0. The van der Waals surface area contributed by atoms with Crippen molar-refractivity contribution in [1.82, 2.24) is 0 Å². The predicted octanol–water partition coefficient (Wildman–Crippen LogP) is 2.42. The lowest BCUT2D eigenvalue weighted by Crippen LogP contribution is -2.21. The molecule has 2 rings (SSSR count). The molecule has 4 nitrogen and oxygen atoms in total. The number of amides is 2. The molecule has 0 aromatic heterocycles. The minimum absolute atomic E-state index is 0.236. The normalized spacial score (nSPS) is 10.2. The second-order valence-corrected chi connectivity index (χ2v) is 5.01. The molecule has 0 bridgehead atoms. The average molecular weight is 300 g/mol. The minimum Gasteiger partial charge on any atom is -0.369 e. The van der Waals surface area contributed by atoms with Crippen LogP contribution >= 0.6 is 0 Å². The van der Waals surface area contributed by atoms with E-state index in [9.17, 15) is 14.0 Å². The number of carbonyl (C=O) groups is 2. The molecule has 2 aromatic rings. The van der Waals surface area contributed by atoms with Gasteiger partial charge in [-0.25, -0.2) is 4.39 Å². The summed E-state index contributed by atoms with van der Waals surface area (Å²) in [6, 6.07) is 13.8. The van der Waals surface area contributed by atoms with Crippen LogP contribution in [0.4, 0.5) is 10.1 Å². The highest BCUT2D eigenvalue weighted by atomic mass is 19.1. The first kappa shape index (κ1) is 15.7. The van der Waals surface area contributed by atoms with Gasteiger partial charge in [0.25, 0.3) is 0 Å². The van der Waals surface area contributed by atoms with E-state index in [4.69, 9.17) is 5.73 Å². The van der Waals surface area contributed by atoms with E-state index in [-0.39, 0.29) is 12.2 Å². The van der Waals surface area contributed by atoms with E-state index in [2.05, 4.69) is 5.32 Å². The van der Waals surface area contributed by atoms with Crippen molar-refractivity contribution < 1.29 is 14.0 Å². The van der Waals surface area contributed by atoms with E-state index >= 15 is 0 Å². The maximum Gasteiger partial charge on any atom is 0.233 e. The standard InChI is InChI=1S/C17H17FN2O2/c18-14-7-3-12(4-8-14)1-2-13-5-9-15(10-6-13)20-17(22)11-16(19)21/h3-10H,1-2,11H2,(H2,19,21)(H,20,22). The lowest BCUT2D eigenvalue weighted by molar-refractivity contribution is -0.124. The first-order valence-electron chi connectivity index (χ1n) is 6.94. The molecule has 0 heterocycles. The van der Waals surface area contributed by atoms with Crippen LogP contribution in [0.5, 0.6) is 0 Å². The molecular formula is C17H17FN2O2. The number of hydrogen-bond donors (Lipinski definition) is 2. The van der Waals surface area contributed by atoms with Gasteiger partial charge in [0.05, 0.1) is 0 Å². The Bertz CT molecular complexity index is 651. The smallest absolute Gasteiger partial charge is 0.233 e. The average Bonchev–Trinajstić information content (AvgIpc) is 2.47. The predicted molar refractivity (Wildman–Crippen MR) is 82.7 cm³/mol. The van der Waals surface area contributed by atoms with Crippen molar-refractivity contribution in [1.29, 1.82) is 0 Å². The van der Waals surface area contributed by atoms with Gasteiger partial charge < -0.3 is 11.1 Å². The van der Waals surface area contributed by atoms with Crippen LogP contribution in [-0.4, -0.2) is 11.8 Å². The molecule has 114 valence electrons.